The van der Waals surface area contributed by atoms with Crippen LogP contribution in [0.3, 0.4) is 0 Å². The molecule has 1 amide bonds. The first-order valence-corrected chi connectivity index (χ1v) is 9.77. The van der Waals surface area contributed by atoms with Crippen LogP contribution in [0.2, 0.25) is 0 Å². The maximum absolute atomic E-state index is 12.0. The van der Waals surface area contributed by atoms with Gasteiger partial charge in [-0.15, -0.1) is 11.8 Å². The van der Waals surface area contributed by atoms with E-state index in [1.54, 1.807) is 11.8 Å². The molecule has 0 aromatic heterocycles. The predicted molar refractivity (Wildman–Crippen MR) is 101 cm³/mol. The molecule has 1 aromatic rings. The van der Waals surface area contributed by atoms with Gasteiger partial charge in [0.05, 0.1) is 18.0 Å². The second-order valence-corrected chi connectivity index (χ2v) is 7.80. The molecule has 24 heavy (non-hydrogen) atoms. The molecule has 0 saturated carbocycles. The fourth-order valence-electron chi connectivity index (χ4n) is 3.05. The summed E-state index contributed by atoms with van der Waals surface area (Å²) < 4.78 is 5.74. The molecule has 134 valence electrons. The average Bonchev–Trinajstić information content (AvgIpc) is 2.51. The first kappa shape index (κ1) is 19.3. The Morgan fingerprint density at radius 2 is 2.00 bits per heavy atom. The Labute approximate surface area is 150 Å². The highest BCUT2D eigenvalue weighted by molar-refractivity contribution is 8.00. The van der Waals surface area contributed by atoms with Crippen LogP contribution in [0.5, 0.6) is 0 Å². The highest BCUT2D eigenvalue weighted by Gasteiger charge is 2.21. The number of carbonyl (C=O) groups is 1. The number of hydrogen-bond acceptors (Lipinski definition) is 4. The zero-order valence-corrected chi connectivity index (χ0v) is 16.1. The zero-order chi connectivity index (χ0) is 17.5. The van der Waals surface area contributed by atoms with E-state index in [4.69, 9.17) is 4.74 Å². The summed E-state index contributed by atoms with van der Waals surface area (Å²) in [6, 6.07) is 6.36. The first-order valence-electron chi connectivity index (χ1n) is 8.78. The molecule has 0 spiro atoms. The van der Waals surface area contributed by atoms with Crippen molar-refractivity contribution < 1.29 is 9.53 Å². The van der Waals surface area contributed by atoms with Crippen LogP contribution in [0.25, 0.3) is 0 Å². The Morgan fingerprint density at radius 1 is 1.29 bits per heavy atom. The summed E-state index contributed by atoms with van der Waals surface area (Å²) in [6.07, 6.45) is 1.59. The van der Waals surface area contributed by atoms with Gasteiger partial charge in [0.1, 0.15) is 0 Å². The second kappa shape index (κ2) is 9.44. The molecule has 2 atom stereocenters. The van der Waals surface area contributed by atoms with Crippen LogP contribution in [0, 0.1) is 13.8 Å². The van der Waals surface area contributed by atoms with Crippen molar-refractivity contribution in [3.8, 4) is 0 Å². The topological polar surface area (TPSA) is 41.6 Å². The van der Waals surface area contributed by atoms with E-state index in [2.05, 4.69) is 56.1 Å². The van der Waals surface area contributed by atoms with Crippen LogP contribution >= 0.6 is 11.8 Å². The SMILES string of the molecule is Cc1ccc(C)c(SCC(=O)NCCCN2CC(C)OC(C)C2)c1. The van der Waals surface area contributed by atoms with Crippen LogP contribution in [0.1, 0.15) is 31.4 Å². The second-order valence-electron chi connectivity index (χ2n) is 6.78. The maximum atomic E-state index is 12.0. The lowest BCUT2D eigenvalue weighted by molar-refractivity contribution is -0.118. The normalized spacial score (nSPS) is 21.7. The third-order valence-electron chi connectivity index (χ3n) is 4.17. The van der Waals surface area contributed by atoms with Gasteiger partial charge in [0.2, 0.25) is 5.91 Å². The summed E-state index contributed by atoms with van der Waals surface area (Å²) in [5.74, 6) is 0.597. The Hall–Kier alpha value is -1.04. The average molecular weight is 351 g/mol. The van der Waals surface area contributed by atoms with E-state index in [-0.39, 0.29) is 5.91 Å². The summed E-state index contributed by atoms with van der Waals surface area (Å²) in [4.78, 5) is 15.6. The lowest BCUT2D eigenvalue weighted by Crippen LogP contribution is -2.46. The van der Waals surface area contributed by atoms with E-state index in [1.165, 1.54) is 16.0 Å². The molecule has 1 saturated heterocycles. The van der Waals surface area contributed by atoms with Crippen LogP contribution in [-0.4, -0.2) is 54.9 Å². The molecular weight excluding hydrogens is 320 g/mol. The number of hydrogen-bond donors (Lipinski definition) is 1. The van der Waals surface area contributed by atoms with Crippen LogP contribution in [0.4, 0.5) is 0 Å². The van der Waals surface area contributed by atoms with Gasteiger partial charge >= 0.3 is 0 Å². The lowest BCUT2D eigenvalue weighted by Gasteiger charge is -2.35. The molecule has 2 rings (SSSR count). The summed E-state index contributed by atoms with van der Waals surface area (Å²) in [5, 5.41) is 3.03. The fourth-order valence-corrected chi connectivity index (χ4v) is 4.01. The third kappa shape index (κ3) is 6.46. The van der Waals surface area contributed by atoms with E-state index in [1.807, 2.05) is 0 Å². The van der Waals surface area contributed by atoms with Crippen molar-refractivity contribution in [2.45, 2.75) is 51.2 Å². The fraction of sp³-hybridized carbons (Fsp3) is 0.632. The Kier molecular flexibility index (Phi) is 7.59. The minimum Gasteiger partial charge on any atom is -0.373 e. The molecule has 1 aliphatic heterocycles. The van der Waals surface area contributed by atoms with Gasteiger partial charge in [-0.3, -0.25) is 9.69 Å². The molecule has 4 nitrogen and oxygen atoms in total. The van der Waals surface area contributed by atoms with E-state index < -0.39 is 0 Å². The summed E-state index contributed by atoms with van der Waals surface area (Å²) in [7, 11) is 0. The highest BCUT2D eigenvalue weighted by Crippen LogP contribution is 2.23. The van der Waals surface area contributed by atoms with Crippen molar-refractivity contribution >= 4 is 17.7 Å². The molecule has 1 aromatic carbocycles. The number of benzene rings is 1. The van der Waals surface area contributed by atoms with Gasteiger partial charge in [0.15, 0.2) is 0 Å². The lowest BCUT2D eigenvalue weighted by atomic mass is 10.2. The molecule has 2 unspecified atom stereocenters. The van der Waals surface area contributed by atoms with Gasteiger partial charge in [-0.1, -0.05) is 17.7 Å². The van der Waals surface area contributed by atoms with Crippen molar-refractivity contribution in [1.29, 1.82) is 0 Å². The van der Waals surface area contributed by atoms with Crippen molar-refractivity contribution in [1.82, 2.24) is 10.2 Å². The largest absolute Gasteiger partial charge is 0.373 e. The predicted octanol–water partition coefficient (Wildman–Crippen LogP) is 3.01. The van der Waals surface area contributed by atoms with Gasteiger partial charge in [0.25, 0.3) is 0 Å². The van der Waals surface area contributed by atoms with Gasteiger partial charge in [0, 0.05) is 31.1 Å². The molecule has 0 bridgehead atoms. The summed E-state index contributed by atoms with van der Waals surface area (Å²) in [5.41, 5.74) is 2.46. The first-order chi connectivity index (χ1) is 11.4. The molecule has 1 heterocycles. The van der Waals surface area contributed by atoms with E-state index in [9.17, 15) is 4.79 Å². The molecule has 0 radical (unpaired) electrons. The molecule has 5 heteroatoms. The standard InChI is InChI=1S/C19H30N2O2S/c1-14-6-7-15(2)18(10-14)24-13-19(22)20-8-5-9-21-11-16(3)23-17(4)12-21/h6-7,10,16-17H,5,8-9,11-13H2,1-4H3,(H,20,22). The van der Waals surface area contributed by atoms with Crippen molar-refractivity contribution in [2.24, 2.45) is 0 Å². The van der Waals surface area contributed by atoms with Crippen LogP contribution in [-0.2, 0) is 9.53 Å². The minimum atomic E-state index is 0.115. The van der Waals surface area contributed by atoms with Crippen LogP contribution in [0.15, 0.2) is 23.1 Å². The number of amides is 1. The Balaban J connectivity index is 1.62. The van der Waals surface area contributed by atoms with E-state index in [0.29, 0.717) is 18.0 Å². The van der Waals surface area contributed by atoms with Gasteiger partial charge in [-0.05, 0) is 45.7 Å². The number of aryl methyl sites for hydroxylation is 2. The minimum absolute atomic E-state index is 0.115. The van der Waals surface area contributed by atoms with Gasteiger partial charge in [-0.2, -0.15) is 0 Å². The Bertz CT molecular complexity index is 540. The number of ether oxygens (including phenoxy) is 1. The summed E-state index contributed by atoms with van der Waals surface area (Å²) in [6.45, 7) is 12.1. The quantitative estimate of drug-likeness (QED) is 0.606. The maximum Gasteiger partial charge on any atom is 0.230 e. The van der Waals surface area contributed by atoms with Crippen molar-refractivity contribution in [3.05, 3.63) is 29.3 Å². The third-order valence-corrected chi connectivity index (χ3v) is 5.33. The molecule has 1 aliphatic rings. The number of morpholine rings is 1. The smallest absolute Gasteiger partial charge is 0.230 e. The van der Waals surface area contributed by atoms with Gasteiger partial charge in [-0.25, -0.2) is 0 Å². The van der Waals surface area contributed by atoms with E-state index >= 15 is 0 Å². The number of rotatable bonds is 7. The number of nitrogens with zero attached hydrogens (tertiary/aromatic N) is 1. The van der Waals surface area contributed by atoms with Gasteiger partial charge < -0.3 is 10.1 Å². The van der Waals surface area contributed by atoms with Crippen molar-refractivity contribution in [3.63, 3.8) is 0 Å². The van der Waals surface area contributed by atoms with Crippen LogP contribution < -0.4 is 5.32 Å². The van der Waals surface area contributed by atoms with Crippen molar-refractivity contribution in [2.75, 3.05) is 31.9 Å². The molecule has 1 N–H and O–H groups in total. The van der Waals surface area contributed by atoms with E-state index in [0.717, 1.165) is 32.6 Å². The zero-order valence-electron chi connectivity index (χ0n) is 15.3. The highest BCUT2D eigenvalue weighted by atomic mass is 32.2. The monoisotopic (exact) mass is 350 g/mol. The Morgan fingerprint density at radius 3 is 2.71 bits per heavy atom. The molecule has 1 fully saturated rings. The molecular formula is C19H30N2O2S. The number of nitrogens with one attached hydrogen (secondary N) is 1. The summed E-state index contributed by atoms with van der Waals surface area (Å²) >= 11 is 1.62. The number of thioether (sulfide) groups is 1. The molecule has 0 aliphatic carbocycles. The number of carbonyl (C=O) groups excluding carboxylic acids is 1.